The standard InChI is InChI=1S/C21H25ClN2O2/c1-14(2)13-23-21(26)17-8-10-19(15(3)12-17)24-20(25)11-9-16-6-4-5-7-18(16)22/h4-8,10,12,14H,9,11,13H2,1-3H3,(H,23,26)(H,24,25). The van der Waals surface area contributed by atoms with Crippen LogP contribution in [-0.2, 0) is 11.2 Å². The van der Waals surface area contributed by atoms with E-state index < -0.39 is 0 Å². The van der Waals surface area contributed by atoms with Crippen molar-refractivity contribution in [2.45, 2.75) is 33.6 Å². The predicted octanol–water partition coefficient (Wildman–Crippen LogP) is 4.61. The summed E-state index contributed by atoms with van der Waals surface area (Å²) in [6, 6.07) is 12.8. The van der Waals surface area contributed by atoms with Crippen molar-refractivity contribution >= 4 is 29.1 Å². The van der Waals surface area contributed by atoms with E-state index in [0.29, 0.717) is 35.9 Å². The topological polar surface area (TPSA) is 58.2 Å². The third-order valence-electron chi connectivity index (χ3n) is 4.01. The Hall–Kier alpha value is -2.33. The Morgan fingerprint density at radius 1 is 1.12 bits per heavy atom. The normalized spacial score (nSPS) is 10.7. The molecule has 0 saturated carbocycles. The van der Waals surface area contributed by atoms with Crippen molar-refractivity contribution in [3.05, 3.63) is 64.2 Å². The van der Waals surface area contributed by atoms with Crippen LogP contribution in [0.4, 0.5) is 5.69 Å². The maximum Gasteiger partial charge on any atom is 0.251 e. The number of rotatable bonds is 7. The highest BCUT2D eigenvalue weighted by atomic mass is 35.5. The molecule has 2 amide bonds. The maximum atomic E-state index is 12.2. The fraction of sp³-hybridized carbons (Fsp3) is 0.333. The molecule has 5 heteroatoms. The Morgan fingerprint density at radius 3 is 2.50 bits per heavy atom. The summed E-state index contributed by atoms with van der Waals surface area (Å²) in [6.07, 6.45) is 0.931. The third-order valence-corrected chi connectivity index (χ3v) is 4.38. The van der Waals surface area contributed by atoms with Crippen molar-refractivity contribution in [1.29, 1.82) is 0 Å². The number of nitrogens with one attached hydrogen (secondary N) is 2. The van der Waals surface area contributed by atoms with Gasteiger partial charge in [-0.05, 0) is 54.7 Å². The monoisotopic (exact) mass is 372 g/mol. The summed E-state index contributed by atoms with van der Waals surface area (Å²) >= 11 is 6.12. The summed E-state index contributed by atoms with van der Waals surface area (Å²) in [5.74, 6) is 0.222. The number of aryl methyl sites for hydroxylation is 2. The van der Waals surface area contributed by atoms with Crippen LogP contribution in [0, 0.1) is 12.8 Å². The molecular formula is C21H25ClN2O2. The first-order chi connectivity index (χ1) is 12.4. The molecule has 0 fully saturated rings. The minimum absolute atomic E-state index is 0.0787. The van der Waals surface area contributed by atoms with Gasteiger partial charge in [0.1, 0.15) is 0 Å². The van der Waals surface area contributed by atoms with E-state index in [2.05, 4.69) is 10.6 Å². The molecule has 4 nitrogen and oxygen atoms in total. The number of carbonyl (C=O) groups is 2. The predicted molar refractivity (Wildman–Crippen MR) is 107 cm³/mol. The van der Waals surface area contributed by atoms with Crippen molar-refractivity contribution in [2.75, 3.05) is 11.9 Å². The molecule has 0 atom stereocenters. The van der Waals surface area contributed by atoms with Gasteiger partial charge < -0.3 is 10.6 Å². The summed E-state index contributed by atoms with van der Waals surface area (Å²) in [5.41, 5.74) is 3.12. The molecular weight excluding hydrogens is 348 g/mol. The molecule has 0 aliphatic rings. The number of hydrogen-bond donors (Lipinski definition) is 2. The summed E-state index contributed by atoms with van der Waals surface area (Å²) in [7, 11) is 0. The highest BCUT2D eigenvalue weighted by Gasteiger charge is 2.10. The van der Waals surface area contributed by atoms with Gasteiger partial charge in [0.25, 0.3) is 5.91 Å². The van der Waals surface area contributed by atoms with Crippen molar-refractivity contribution in [1.82, 2.24) is 5.32 Å². The number of carbonyl (C=O) groups excluding carboxylic acids is 2. The van der Waals surface area contributed by atoms with Crippen LogP contribution >= 0.6 is 11.6 Å². The van der Waals surface area contributed by atoms with Crippen LogP contribution in [0.3, 0.4) is 0 Å². The first-order valence-corrected chi connectivity index (χ1v) is 9.16. The van der Waals surface area contributed by atoms with Crippen LogP contribution in [-0.4, -0.2) is 18.4 Å². The molecule has 0 aromatic heterocycles. The fourth-order valence-electron chi connectivity index (χ4n) is 2.51. The molecule has 0 spiro atoms. The van der Waals surface area contributed by atoms with Crippen molar-refractivity contribution in [3.63, 3.8) is 0 Å². The molecule has 26 heavy (non-hydrogen) atoms. The number of hydrogen-bond acceptors (Lipinski definition) is 2. The van der Waals surface area contributed by atoms with E-state index in [1.165, 1.54) is 0 Å². The SMILES string of the molecule is Cc1cc(C(=O)NCC(C)C)ccc1NC(=O)CCc1ccccc1Cl. The van der Waals surface area contributed by atoms with Crippen LogP contribution in [0.15, 0.2) is 42.5 Å². The minimum Gasteiger partial charge on any atom is -0.352 e. The molecule has 0 unspecified atom stereocenters. The van der Waals surface area contributed by atoms with E-state index in [0.717, 1.165) is 16.8 Å². The lowest BCUT2D eigenvalue weighted by molar-refractivity contribution is -0.116. The highest BCUT2D eigenvalue weighted by molar-refractivity contribution is 6.31. The summed E-state index contributed by atoms with van der Waals surface area (Å²) in [6.45, 7) is 6.61. The molecule has 2 rings (SSSR count). The van der Waals surface area contributed by atoms with E-state index >= 15 is 0 Å². The van der Waals surface area contributed by atoms with Crippen LogP contribution in [0.5, 0.6) is 0 Å². The number of benzene rings is 2. The lowest BCUT2D eigenvalue weighted by atomic mass is 10.1. The zero-order valence-corrected chi connectivity index (χ0v) is 16.2. The third kappa shape index (κ3) is 5.88. The maximum absolute atomic E-state index is 12.2. The van der Waals surface area contributed by atoms with Gasteiger partial charge in [0.2, 0.25) is 5.91 Å². The molecule has 0 aliphatic heterocycles. The molecule has 0 aliphatic carbocycles. The van der Waals surface area contributed by atoms with Gasteiger partial charge >= 0.3 is 0 Å². The molecule has 2 aromatic carbocycles. The van der Waals surface area contributed by atoms with Gasteiger partial charge in [-0.2, -0.15) is 0 Å². The fourth-order valence-corrected chi connectivity index (χ4v) is 2.74. The first kappa shape index (κ1) is 20.0. The van der Waals surface area contributed by atoms with Crippen LogP contribution < -0.4 is 10.6 Å². The average Bonchev–Trinajstić information content (AvgIpc) is 2.60. The largest absolute Gasteiger partial charge is 0.352 e. The van der Waals surface area contributed by atoms with Crippen molar-refractivity contribution in [3.8, 4) is 0 Å². The second-order valence-electron chi connectivity index (χ2n) is 6.77. The molecule has 138 valence electrons. The van der Waals surface area contributed by atoms with Crippen molar-refractivity contribution in [2.24, 2.45) is 5.92 Å². The Labute approximate surface area is 159 Å². The molecule has 0 radical (unpaired) electrons. The molecule has 2 aromatic rings. The minimum atomic E-state index is -0.0987. The summed E-state index contributed by atoms with van der Waals surface area (Å²) in [5, 5.41) is 6.47. The second kappa shape index (κ2) is 9.39. The lowest BCUT2D eigenvalue weighted by Gasteiger charge is -2.12. The molecule has 0 saturated heterocycles. The van der Waals surface area contributed by atoms with Crippen LogP contribution in [0.2, 0.25) is 5.02 Å². The van der Waals surface area contributed by atoms with Crippen LogP contribution in [0.25, 0.3) is 0 Å². The van der Waals surface area contributed by atoms with Gasteiger partial charge in [-0.3, -0.25) is 9.59 Å². The highest BCUT2D eigenvalue weighted by Crippen LogP contribution is 2.19. The van der Waals surface area contributed by atoms with E-state index in [1.54, 1.807) is 18.2 Å². The van der Waals surface area contributed by atoms with Gasteiger partial charge in [0, 0.05) is 29.2 Å². The zero-order valence-electron chi connectivity index (χ0n) is 15.4. The van der Waals surface area contributed by atoms with Gasteiger partial charge in [0.15, 0.2) is 0 Å². The zero-order chi connectivity index (χ0) is 19.1. The quantitative estimate of drug-likeness (QED) is 0.745. The van der Waals surface area contributed by atoms with Gasteiger partial charge in [-0.15, -0.1) is 0 Å². The molecule has 2 N–H and O–H groups in total. The second-order valence-corrected chi connectivity index (χ2v) is 7.18. The average molecular weight is 373 g/mol. The van der Waals surface area contributed by atoms with E-state index in [9.17, 15) is 9.59 Å². The van der Waals surface area contributed by atoms with Crippen LogP contribution in [0.1, 0.15) is 41.8 Å². The lowest BCUT2D eigenvalue weighted by Crippen LogP contribution is -2.27. The summed E-state index contributed by atoms with van der Waals surface area (Å²) in [4.78, 5) is 24.3. The Balaban J connectivity index is 1.93. The number of anilines is 1. The van der Waals surface area contributed by atoms with Gasteiger partial charge in [-0.1, -0.05) is 43.6 Å². The number of halogens is 1. The number of amides is 2. The van der Waals surface area contributed by atoms with E-state index in [4.69, 9.17) is 11.6 Å². The molecule has 0 bridgehead atoms. The van der Waals surface area contributed by atoms with Crippen molar-refractivity contribution < 1.29 is 9.59 Å². The Morgan fingerprint density at radius 2 is 1.85 bits per heavy atom. The smallest absolute Gasteiger partial charge is 0.251 e. The molecule has 0 heterocycles. The Bertz CT molecular complexity index is 787. The summed E-state index contributed by atoms with van der Waals surface area (Å²) < 4.78 is 0. The first-order valence-electron chi connectivity index (χ1n) is 8.79. The van der Waals surface area contributed by atoms with Gasteiger partial charge in [-0.25, -0.2) is 0 Å². The van der Waals surface area contributed by atoms with Gasteiger partial charge in [0.05, 0.1) is 0 Å². The van der Waals surface area contributed by atoms with E-state index in [1.807, 2.05) is 45.0 Å². The Kier molecular flexibility index (Phi) is 7.22. The van der Waals surface area contributed by atoms with E-state index in [-0.39, 0.29) is 11.8 Å².